The van der Waals surface area contributed by atoms with Crippen LogP contribution in [-0.4, -0.2) is 84.6 Å². The first-order chi connectivity index (χ1) is 16.6. The van der Waals surface area contributed by atoms with Gasteiger partial charge in [-0.25, -0.2) is 0 Å². The van der Waals surface area contributed by atoms with Crippen molar-refractivity contribution in [3.63, 3.8) is 0 Å². The number of hydrogen-bond donors (Lipinski definition) is 4. The molecule has 0 aliphatic heterocycles. The molecule has 0 saturated heterocycles. The van der Waals surface area contributed by atoms with Gasteiger partial charge in [-0.2, -0.15) is 0 Å². The van der Waals surface area contributed by atoms with Gasteiger partial charge in [0.1, 0.15) is 13.5 Å². The van der Waals surface area contributed by atoms with Crippen LogP contribution in [-0.2, 0) is 15.9 Å². The zero-order chi connectivity index (χ0) is 25.8. The lowest BCUT2D eigenvalue weighted by Gasteiger charge is -2.24. The zero-order valence-electron chi connectivity index (χ0n) is 21.4. The lowest BCUT2D eigenvalue weighted by molar-refractivity contribution is -0.0191. The number of anilines is 2. The Balaban J connectivity index is 1.88. The van der Waals surface area contributed by atoms with Crippen LogP contribution in [0.25, 0.3) is 0 Å². The van der Waals surface area contributed by atoms with Crippen molar-refractivity contribution in [3.8, 4) is 0 Å². The van der Waals surface area contributed by atoms with E-state index in [-0.39, 0.29) is 26.2 Å². The smallest absolute Gasteiger partial charge is 0.115 e. The molecule has 2 rings (SSSR count). The fourth-order valence-corrected chi connectivity index (χ4v) is 3.43. The van der Waals surface area contributed by atoms with Gasteiger partial charge in [0.05, 0.1) is 37.6 Å². The second kappa shape index (κ2) is 14.4. The Morgan fingerprint density at radius 1 is 0.800 bits per heavy atom. The molecule has 35 heavy (non-hydrogen) atoms. The van der Waals surface area contributed by atoms with Crippen molar-refractivity contribution in [2.75, 3.05) is 56.2 Å². The molecule has 0 aromatic heterocycles. The quantitative estimate of drug-likeness (QED) is 0.210. The van der Waals surface area contributed by atoms with E-state index < -0.39 is 11.7 Å². The summed E-state index contributed by atoms with van der Waals surface area (Å²) in [6.07, 6.45) is -0.0142. The van der Waals surface area contributed by atoms with Gasteiger partial charge in [0.15, 0.2) is 0 Å². The Hall–Kier alpha value is -2.20. The third-order valence-corrected chi connectivity index (χ3v) is 5.73. The maximum absolute atomic E-state index is 9.73. The summed E-state index contributed by atoms with van der Waals surface area (Å²) < 4.78 is 11.1. The van der Waals surface area contributed by atoms with Gasteiger partial charge < -0.3 is 39.7 Å². The molecule has 8 nitrogen and oxygen atoms in total. The lowest BCUT2D eigenvalue weighted by Crippen LogP contribution is -2.31. The largest absolute Gasteiger partial charge is 0.391 e. The minimum Gasteiger partial charge on any atom is -0.391 e. The van der Waals surface area contributed by atoms with Gasteiger partial charge in [0.25, 0.3) is 0 Å². The summed E-state index contributed by atoms with van der Waals surface area (Å²) in [7, 11) is 0. The van der Waals surface area contributed by atoms with E-state index in [9.17, 15) is 20.4 Å². The van der Waals surface area contributed by atoms with Crippen molar-refractivity contribution in [3.05, 3.63) is 59.7 Å². The minimum absolute atomic E-state index is 0.114. The van der Waals surface area contributed by atoms with E-state index in [0.717, 1.165) is 28.9 Å². The van der Waals surface area contributed by atoms with E-state index in [1.807, 2.05) is 65.3 Å². The first kappa shape index (κ1) is 29.0. The van der Waals surface area contributed by atoms with E-state index >= 15 is 0 Å². The van der Waals surface area contributed by atoms with Crippen molar-refractivity contribution in [1.82, 2.24) is 0 Å². The molecule has 0 aliphatic carbocycles. The average Bonchev–Trinajstić information content (AvgIpc) is 2.82. The Morgan fingerprint density at radius 2 is 1.26 bits per heavy atom. The lowest BCUT2D eigenvalue weighted by atomic mass is 10.0. The average molecular weight is 491 g/mol. The third-order valence-electron chi connectivity index (χ3n) is 5.73. The fourth-order valence-electron chi connectivity index (χ4n) is 3.43. The molecule has 0 spiro atoms. The number of hydrogen-bond acceptors (Lipinski definition) is 8. The monoisotopic (exact) mass is 490 g/mol. The van der Waals surface area contributed by atoms with E-state index in [2.05, 4.69) is 0 Å². The molecule has 0 fully saturated rings. The van der Waals surface area contributed by atoms with Gasteiger partial charge in [0, 0.05) is 24.5 Å². The summed E-state index contributed by atoms with van der Waals surface area (Å²) in [5.41, 5.74) is 3.25. The number of nitrogens with zero attached hydrogens (tertiary/aromatic N) is 2. The molecule has 196 valence electrons. The van der Waals surface area contributed by atoms with Crippen LogP contribution in [0, 0.1) is 0 Å². The highest BCUT2D eigenvalue weighted by molar-refractivity contribution is 5.50. The van der Waals surface area contributed by atoms with Crippen molar-refractivity contribution < 1.29 is 29.9 Å². The Morgan fingerprint density at radius 3 is 1.66 bits per heavy atom. The highest BCUT2D eigenvalue weighted by Crippen LogP contribution is 2.20. The van der Waals surface area contributed by atoms with Gasteiger partial charge in [-0.05, 0) is 69.5 Å². The van der Waals surface area contributed by atoms with Crippen molar-refractivity contribution >= 4 is 11.4 Å². The molecule has 0 bridgehead atoms. The first-order valence-electron chi connectivity index (χ1n) is 12.1. The topological polar surface area (TPSA) is 106 Å². The highest BCUT2D eigenvalue weighted by Gasteiger charge is 2.13. The standard InChI is InChI=1S/C27H42N2O6/c1-21(32)22(2)35-16-14-29(20-31)26-11-7-24(8-12-26)17-23-5-9-25(10-6-23)28(19-30)13-15-34-18-27(3,4)33/h5-12,21-22,30-33H,13-20H2,1-4H3. The summed E-state index contributed by atoms with van der Waals surface area (Å²) in [6.45, 7) is 8.81. The van der Waals surface area contributed by atoms with E-state index in [4.69, 9.17) is 9.47 Å². The number of aliphatic hydroxyl groups is 4. The van der Waals surface area contributed by atoms with Crippen molar-refractivity contribution in [1.29, 1.82) is 0 Å². The summed E-state index contributed by atoms with van der Waals surface area (Å²) in [5, 5.41) is 38.7. The fraction of sp³-hybridized carbons (Fsp3) is 0.556. The summed E-state index contributed by atoms with van der Waals surface area (Å²) in [5.74, 6) is 0. The van der Waals surface area contributed by atoms with Crippen LogP contribution in [0.1, 0.15) is 38.8 Å². The van der Waals surface area contributed by atoms with Crippen LogP contribution in [0.5, 0.6) is 0 Å². The molecule has 0 saturated carbocycles. The molecule has 2 aromatic carbocycles. The Labute approximate surface area is 209 Å². The SMILES string of the molecule is CC(O)C(C)OCCN(CO)c1ccc(Cc2ccc(N(CO)CCOCC(C)(C)O)cc2)cc1. The van der Waals surface area contributed by atoms with Gasteiger partial charge in [0.2, 0.25) is 0 Å². The number of ether oxygens (including phenoxy) is 2. The van der Waals surface area contributed by atoms with Gasteiger partial charge in [-0.15, -0.1) is 0 Å². The maximum Gasteiger partial charge on any atom is 0.115 e. The molecule has 2 aromatic rings. The van der Waals surface area contributed by atoms with Crippen LogP contribution in [0.4, 0.5) is 11.4 Å². The van der Waals surface area contributed by atoms with E-state index in [1.165, 1.54) is 0 Å². The molecule has 4 N–H and O–H groups in total. The maximum atomic E-state index is 9.73. The van der Waals surface area contributed by atoms with Crippen LogP contribution in [0.2, 0.25) is 0 Å². The van der Waals surface area contributed by atoms with Crippen LogP contribution < -0.4 is 9.80 Å². The van der Waals surface area contributed by atoms with Gasteiger partial charge in [-0.3, -0.25) is 0 Å². The van der Waals surface area contributed by atoms with Crippen LogP contribution in [0.15, 0.2) is 48.5 Å². The normalized spacial score (nSPS) is 13.5. The first-order valence-corrected chi connectivity index (χ1v) is 12.1. The molecular weight excluding hydrogens is 448 g/mol. The number of benzene rings is 2. The highest BCUT2D eigenvalue weighted by atomic mass is 16.5. The van der Waals surface area contributed by atoms with Crippen LogP contribution in [0.3, 0.4) is 0 Å². The van der Waals surface area contributed by atoms with Crippen LogP contribution >= 0.6 is 0 Å². The number of aliphatic hydroxyl groups excluding tert-OH is 3. The molecule has 2 atom stereocenters. The third kappa shape index (κ3) is 10.5. The van der Waals surface area contributed by atoms with Crippen molar-refractivity contribution in [2.45, 2.75) is 51.9 Å². The predicted molar refractivity (Wildman–Crippen MR) is 139 cm³/mol. The summed E-state index contributed by atoms with van der Waals surface area (Å²) >= 11 is 0. The van der Waals surface area contributed by atoms with Gasteiger partial charge in [-0.1, -0.05) is 24.3 Å². The van der Waals surface area contributed by atoms with Gasteiger partial charge >= 0.3 is 0 Å². The number of rotatable bonds is 16. The molecule has 0 amide bonds. The molecule has 0 aliphatic rings. The second-order valence-electron chi connectivity index (χ2n) is 9.50. The minimum atomic E-state index is -0.869. The Kier molecular flexibility index (Phi) is 11.9. The van der Waals surface area contributed by atoms with E-state index in [1.54, 1.807) is 20.8 Å². The summed E-state index contributed by atoms with van der Waals surface area (Å²) in [6, 6.07) is 16.1. The predicted octanol–water partition coefficient (Wildman–Crippen LogP) is 2.36. The molecule has 2 unspecified atom stereocenters. The molecule has 0 radical (unpaired) electrons. The molecule has 8 heteroatoms. The van der Waals surface area contributed by atoms with Crippen molar-refractivity contribution in [2.24, 2.45) is 0 Å². The second-order valence-corrected chi connectivity index (χ2v) is 9.50. The molecule has 0 heterocycles. The summed E-state index contributed by atoms with van der Waals surface area (Å²) in [4.78, 5) is 3.64. The zero-order valence-corrected chi connectivity index (χ0v) is 21.4. The van der Waals surface area contributed by atoms with E-state index in [0.29, 0.717) is 26.3 Å². The molecular formula is C27H42N2O6. The Bertz CT molecular complexity index is 836.